The Morgan fingerprint density at radius 3 is 0.870 bits per heavy atom. The van der Waals surface area contributed by atoms with Crippen LogP contribution in [0.4, 0.5) is 0 Å². The molecule has 0 spiro atoms. The first-order valence-electron chi connectivity index (χ1n) is 40.0. The molecule has 0 rings (SSSR count). The van der Waals surface area contributed by atoms with Gasteiger partial charge in [-0.2, -0.15) is 0 Å². The molecular formula is C89H138O17P2. The van der Waals surface area contributed by atoms with Gasteiger partial charge in [0.2, 0.25) is 0 Å². The van der Waals surface area contributed by atoms with Crippen LogP contribution in [0, 0.1) is 0 Å². The predicted octanol–water partition coefficient (Wildman–Crippen LogP) is 23.7. The molecule has 0 aromatic carbocycles. The number of phosphoric acid groups is 2. The summed E-state index contributed by atoms with van der Waals surface area (Å²) in [5, 5.41) is 10.6. The van der Waals surface area contributed by atoms with E-state index < -0.39 is 97.5 Å². The van der Waals surface area contributed by atoms with Crippen molar-refractivity contribution in [2.24, 2.45) is 0 Å². The van der Waals surface area contributed by atoms with Crippen LogP contribution >= 0.6 is 15.6 Å². The number of hydrogen-bond donors (Lipinski definition) is 3. The monoisotopic (exact) mass is 1540 g/mol. The summed E-state index contributed by atoms with van der Waals surface area (Å²) in [5.41, 5.74) is 0. The topological polar surface area (TPSA) is 237 Å². The fourth-order valence-electron chi connectivity index (χ4n) is 9.52. The number of aliphatic hydroxyl groups excluding tert-OH is 1. The summed E-state index contributed by atoms with van der Waals surface area (Å²) in [6.07, 6.45) is 99.8. The van der Waals surface area contributed by atoms with Crippen molar-refractivity contribution in [1.82, 2.24) is 0 Å². The minimum Gasteiger partial charge on any atom is -0.462 e. The molecule has 0 saturated heterocycles. The van der Waals surface area contributed by atoms with E-state index in [1.54, 1.807) is 24.3 Å². The van der Waals surface area contributed by atoms with Gasteiger partial charge in [0.15, 0.2) is 12.2 Å². The molecule has 0 fully saturated rings. The number of unbranched alkanes of at least 4 members (excludes halogenated alkanes) is 12. The molecule has 0 aromatic heterocycles. The Bertz CT molecular complexity index is 2910. The average molecular weight is 1540 g/mol. The minimum atomic E-state index is -5.04. The quantitative estimate of drug-likeness (QED) is 0.0169. The van der Waals surface area contributed by atoms with E-state index in [9.17, 15) is 43.2 Å². The van der Waals surface area contributed by atoms with Gasteiger partial charge in [0.1, 0.15) is 19.3 Å². The Morgan fingerprint density at radius 1 is 0.278 bits per heavy atom. The Hall–Kier alpha value is -6.62. The molecule has 3 N–H and O–H groups in total. The second-order valence-electron chi connectivity index (χ2n) is 25.5. The van der Waals surface area contributed by atoms with Gasteiger partial charge in [-0.05, 0) is 161 Å². The maximum absolute atomic E-state index is 13.1. The molecule has 0 bridgehead atoms. The highest BCUT2D eigenvalue weighted by molar-refractivity contribution is 7.47. The summed E-state index contributed by atoms with van der Waals surface area (Å²) < 4.78 is 68.3. The Labute approximate surface area is 651 Å². The number of hydrogen-bond acceptors (Lipinski definition) is 15. The molecule has 0 radical (unpaired) electrons. The van der Waals surface area contributed by atoms with Gasteiger partial charge in [0.25, 0.3) is 0 Å². The predicted molar refractivity (Wildman–Crippen MR) is 445 cm³/mol. The first-order valence-corrected chi connectivity index (χ1v) is 43.0. The van der Waals surface area contributed by atoms with Crippen LogP contribution in [-0.4, -0.2) is 96.7 Å². The molecule has 0 heterocycles. The number of aliphatic hydroxyl groups is 1. The first-order chi connectivity index (χ1) is 52.7. The fourth-order valence-corrected chi connectivity index (χ4v) is 11.1. The van der Waals surface area contributed by atoms with Gasteiger partial charge >= 0.3 is 39.5 Å². The smallest absolute Gasteiger partial charge is 0.462 e. The number of carbonyl (C=O) groups excluding carboxylic acids is 4. The molecule has 0 aliphatic rings. The van der Waals surface area contributed by atoms with Gasteiger partial charge in [-0.15, -0.1) is 0 Å². The lowest BCUT2D eigenvalue weighted by atomic mass is 10.1. The second-order valence-corrected chi connectivity index (χ2v) is 28.4. The highest BCUT2D eigenvalue weighted by Gasteiger charge is 2.30. The number of esters is 4. The number of ether oxygens (including phenoxy) is 4. The zero-order chi connectivity index (χ0) is 78.9. The van der Waals surface area contributed by atoms with Gasteiger partial charge in [0.05, 0.1) is 39.3 Å². The lowest BCUT2D eigenvalue weighted by molar-refractivity contribution is -0.161. The van der Waals surface area contributed by atoms with Crippen molar-refractivity contribution in [3.63, 3.8) is 0 Å². The standard InChI is InChI=1S/C89H138O17P2/c1-5-9-13-17-21-25-29-33-37-39-41-43-47-50-54-58-62-66-70-74-87(92)100-80-85(106-89(94)76-72-68-64-60-56-52-48-44-42-40-38-34-30-26-22-18-14-10-6-2)82-104-108(97,98)102-78-83(90)77-101-107(95,96)103-81-84(105-88(93)75-71-67-63-59-55-51-46-36-32-28-24-20-16-12-8-4)79-99-86(91)73-69-65-61-57-53-49-45-35-31-27-23-19-15-11-7-3/h9,11-13,15-16,21-28,33-38,41-46,50,53-55,57,59,65,67,69,71,83-85,90H,5-8,10,14,17-20,29-32,39-40,47-49,51-52,56,58,60-64,66,68,70,72-82H2,1-4H3,(H,95,96)(H,97,98)/b13-9-,15-11-,16-12-,25-21-,26-22-,27-23-,28-24-,37-33-,38-34-,43-41-,44-42-,45-35-,46-36-,54-50-,57-53-,59-55-,69-65-,71-67-. The summed E-state index contributed by atoms with van der Waals surface area (Å²) >= 11 is 0. The van der Waals surface area contributed by atoms with Crippen molar-refractivity contribution >= 4 is 39.5 Å². The Balaban J connectivity index is 5.57. The van der Waals surface area contributed by atoms with Crippen LogP contribution in [0.1, 0.15) is 259 Å². The summed E-state index contributed by atoms with van der Waals surface area (Å²) in [6, 6.07) is 0. The molecule has 0 aliphatic heterocycles. The zero-order valence-electron chi connectivity index (χ0n) is 66.2. The highest BCUT2D eigenvalue weighted by Crippen LogP contribution is 2.45. The van der Waals surface area contributed by atoms with E-state index in [-0.39, 0.29) is 25.7 Å². The van der Waals surface area contributed by atoms with Crippen LogP contribution in [0.3, 0.4) is 0 Å². The van der Waals surface area contributed by atoms with Gasteiger partial charge in [-0.1, -0.05) is 291 Å². The molecule has 17 nitrogen and oxygen atoms in total. The Morgan fingerprint density at radius 2 is 0.528 bits per heavy atom. The maximum Gasteiger partial charge on any atom is 0.472 e. The third-order valence-corrected chi connectivity index (χ3v) is 17.4. The third kappa shape index (κ3) is 77.5. The molecular weight excluding hydrogens is 1400 g/mol. The van der Waals surface area contributed by atoms with Crippen LogP contribution in [0.5, 0.6) is 0 Å². The lowest BCUT2D eigenvalue weighted by Crippen LogP contribution is -2.30. The summed E-state index contributed by atoms with van der Waals surface area (Å²) in [5.74, 6) is -2.55. The van der Waals surface area contributed by atoms with Crippen molar-refractivity contribution in [2.75, 3.05) is 39.6 Å². The molecule has 606 valence electrons. The third-order valence-electron chi connectivity index (χ3n) is 15.5. The van der Waals surface area contributed by atoms with Crippen molar-refractivity contribution in [2.45, 2.75) is 277 Å². The van der Waals surface area contributed by atoms with Crippen LogP contribution in [0.25, 0.3) is 0 Å². The summed E-state index contributed by atoms with van der Waals surface area (Å²) in [6.45, 7) is 4.18. The van der Waals surface area contributed by atoms with Crippen molar-refractivity contribution in [1.29, 1.82) is 0 Å². The van der Waals surface area contributed by atoms with Crippen LogP contribution in [0.2, 0.25) is 0 Å². The minimum absolute atomic E-state index is 0.0582. The SMILES string of the molecule is CC/C=C\C/C=C\C/C=C\C/C=C\C/C=C\CCCCCC(=O)OCC(COP(=O)(O)OCC(O)COP(=O)(O)OCC(COC(=O)C/C=C\C/C=C\C/C=C\C/C=C\C/C=C\CC)OC(=O)C/C=C\C/C=C\C/C=C\C/C=C\C/C=C\CC)OC(=O)CCCCCCCC/C=C\C/C=C\C/C=C\CCCCC. The number of carbonyl (C=O) groups is 4. The van der Waals surface area contributed by atoms with Crippen LogP contribution in [-0.2, 0) is 65.4 Å². The van der Waals surface area contributed by atoms with E-state index in [1.807, 2.05) is 24.3 Å². The number of phosphoric ester groups is 2. The van der Waals surface area contributed by atoms with Crippen LogP contribution in [0.15, 0.2) is 219 Å². The zero-order valence-corrected chi connectivity index (χ0v) is 68.0. The molecule has 5 unspecified atom stereocenters. The largest absolute Gasteiger partial charge is 0.472 e. The Kier molecular flexibility index (Phi) is 73.7. The fraction of sp³-hybridized carbons (Fsp3) is 0.551. The highest BCUT2D eigenvalue weighted by atomic mass is 31.2. The maximum atomic E-state index is 13.1. The first kappa shape index (κ1) is 101. The number of allylic oxidation sites excluding steroid dienone is 34. The van der Waals surface area contributed by atoms with E-state index in [0.29, 0.717) is 25.7 Å². The number of rotatable bonds is 72. The van der Waals surface area contributed by atoms with E-state index in [1.165, 1.54) is 19.3 Å². The molecule has 0 saturated carbocycles. The van der Waals surface area contributed by atoms with Gasteiger partial charge in [0, 0.05) is 12.8 Å². The van der Waals surface area contributed by atoms with E-state index in [2.05, 4.69) is 198 Å². The molecule has 5 atom stereocenters. The average Bonchev–Trinajstić information content (AvgIpc) is 0.896. The van der Waals surface area contributed by atoms with Gasteiger partial charge in [-0.3, -0.25) is 37.3 Å². The van der Waals surface area contributed by atoms with E-state index in [4.69, 9.17) is 37.0 Å². The van der Waals surface area contributed by atoms with Gasteiger partial charge < -0.3 is 33.8 Å². The normalized spacial score (nSPS) is 15.0. The molecule has 0 amide bonds. The van der Waals surface area contributed by atoms with Crippen molar-refractivity contribution in [3.05, 3.63) is 219 Å². The van der Waals surface area contributed by atoms with E-state index >= 15 is 0 Å². The molecule has 0 aromatic rings. The molecule has 19 heteroatoms. The van der Waals surface area contributed by atoms with Crippen LogP contribution < -0.4 is 0 Å². The summed E-state index contributed by atoms with van der Waals surface area (Å²) in [4.78, 5) is 72.9. The second kappa shape index (κ2) is 78.5. The lowest BCUT2D eigenvalue weighted by Gasteiger charge is -2.21. The molecule has 0 aliphatic carbocycles. The van der Waals surface area contributed by atoms with Crippen molar-refractivity contribution in [3.8, 4) is 0 Å². The van der Waals surface area contributed by atoms with Gasteiger partial charge in [-0.25, -0.2) is 9.13 Å². The molecule has 108 heavy (non-hydrogen) atoms. The summed E-state index contributed by atoms with van der Waals surface area (Å²) in [7, 11) is -10.1. The van der Waals surface area contributed by atoms with Crippen molar-refractivity contribution < 1.29 is 80.2 Å². The van der Waals surface area contributed by atoms with E-state index in [0.717, 1.165) is 161 Å².